The molecule has 6 heteroatoms. The van der Waals surface area contributed by atoms with E-state index in [1.54, 1.807) is 0 Å². The summed E-state index contributed by atoms with van der Waals surface area (Å²) in [6.07, 6.45) is 4.13. The van der Waals surface area contributed by atoms with E-state index in [0.29, 0.717) is 17.5 Å². The first-order valence-electron chi connectivity index (χ1n) is 4.91. The Kier molecular flexibility index (Phi) is 2.49. The van der Waals surface area contributed by atoms with Crippen molar-refractivity contribution in [1.29, 1.82) is 5.53 Å². The maximum absolute atomic E-state index is 6.63. The lowest BCUT2D eigenvalue weighted by atomic mass is 10.1. The van der Waals surface area contributed by atoms with E-state index >= 15 is 0 Å². The van der Waals surface area contributed by atoms with Crippen molar-refractivity contribution in [2.75, 3.05) is 0 Å². The van der Waals surface area contributed by atoms with Gasteiger partial charge in [-0.3, -0.25) is 5.43 Å². The molecule has 6 nitrogen and oxygen atoms in total. The lowest BCUT2D eigenvalue weighted by molar-refractivity contribution is 0.751. The van der Waals surface area contributed by atoms with Gasteiger partial charge in [0, 0.05) is 6.21 Å². The van der Waals surface area contributed by atoms with E-state index in [1.807, 2.05) is 13.1 Å². The van der Waals surface area contributed by atoms with Crippen molar-refractivity contribution in [3.05, 3.63) is 11.3 Å². The van der Waals surface area contributed by atoms with Crippen molar-refractivity contribution in [1.82, 2.24) is 5.43 Å². The molecule has 1 aliphatic carbocycles. The molecule has 1 saturated carbocycles. The Bertz CT molecular complexity index is 367. The molecular weight excluding hydrogens is 192 g/mol. The number of fused-ring (bicyclic) bond motifs is 1. The molecule has 2 aliphatic rings. The molecule has 0 aromatic heterocycles. The fraction of sp³-hybridized carbons (Fsp3) is 0.556. The first-order chi connectivity index (χ1) is 7.22. The number of nitrogens with two attached hydrogens (primary N) is 1. The molecule has 15 heavy (non-hydrogen) atoms. The maximum Gasteiger partial charge on any atom is 0.173 e. The van der Waals surface area contributed by atoms with Crippen LogP contribution in [0, 0.1) is 17.4 Å². The number of hydrazone groups is 1. The van der Waals surface area contributed by atoms with Crippen molar-refractivity contribution in [2.24, 2.45) is 33.0 Å². The number of nitrogens with one attached hydrogen (secondary N) is 2. The third kappa shape index (κ3) is 2.03. The second kappa shape index (κ2) is 3.80. The molecule has 80 valence electrons. The Morgan fingerprint density at radius 2 is 2.53 bits per heavy atom. The van der Waals surface area contributed by atoms with E-state index in [4.69, 9.17) is 11.3 Å². The Morgan fingerprint density at radius 3 is 3.27 bits per heavy atom. The zero-order valence-electron chi connectivity index (χ0n) is 8.57. The van der Waals surface area contributed by atoms with Crippen LogP contribution in [0.25, 0.3) is 0 Å². The number of rotatable bonds is 2. The summed E-state index contributed by atoms with van der Waals surface area (Å²) in [6, 6.07) is 0. The van der Waals surface area contributed by atoms with Crippen LogP contribution in [0.4, 0.5) is 0 Å². The number of nitrogens with zero attached hydrogens (tertiary/aromatic N) is 3. The molecule has 2 unspecified atom stereocenters. The van der Waals surface area contributed by atoms with E-state index in [2.05, 4.69) is 20.9 Å². The van der Waals surface area contributed by atoms with Crippen LogP contribution in [0.5, 0.6) is 0 Å². The number of amidine groups is 1. The average molecular weight is 206 g/mol. The van der Waals surface area contributed by atoms with Gasteiger partial charge in [0.1, 0.15) is 0 Å². The molecule has 2 atom stereocenters. The smallest absolute Gasteiger partial charge is 0.173 e. The zero-order valence-corrected chi connectivity index (χ0v) is 8.57. The van der Waals surface area contributed by atoms with Crippen LogP contribution >= 0.6 is 0 Å². The quantitative estimate of drug-likeness (QED) is 0.273. The highest BCUT2D eigenvalue weighted by Gasteiger charge is 2.36. The van der Waals surface area contributed by atoms with E-state index in [0.717, 1.165) is 12.0 Å². The van der Waals surface area contributed by atoms with E-state index in [-0.39, 0.29) is 5.84 Å². The second-order valence-electron chi connectivity index (χ2n) is 3.99. The predicted octanol–water partition coefficient (Wildman–Crippen LogP) is 1.18. The Balaban J connectivity index is 2.23. The van der Waals surface area contributed by atoms with E-state index in [1.165, 1.54) is 6.42 Å². The third-order valence-corrected chi connectivity index (χ3v) is 2.83. The van der Waals surface area contributed by atoms with Gasteiger partial charge in [0.05, 0.1) is 5.70 Å². The minimum atomic E-state index is 0.221. The number of hydrogen-bond donors (Lipinski definition) is 3. The summed E-state index contributed by atoms with van der Waals surface area (Å²) in [6.45, 7) is 2.00. The monoisotopic (exact) mass is 206 g/mol. The van der Waals surface area contributed by atoms with Gasteiger partial charge in [-0.05, 0) is 37.2 Å². The van der Waals surface area contributed by atoms with Crippen molar-refractivity contribution < 1.29 is 0 Å². The van der Waals surface area contributed by atoms with Crippen molar-refractivity contribution >= 4 is 12.1 Å². The summed E-state index contributed by atoms with van der Waals surface area (Å²) in [5, 5.41) is 10.5. The summed E-state index contributed by atoms with van der Waals surface area (Å²) >= 11 is 0. The largest absolute Gasteiger partial charge is 0.380 e. The molecule has 1 aliphatic heterocycles. The van der Waals surface area contributed by atoms with Crippen LogP contribution in [0.15, 0.2) is 26.7 Å². The van der Waals surface area contributed by atoms with Crippen LogP contribution < -0.4 is 11.2 Å². The summed E-state index contributed by atoms with van der Waals surface area (Å²) < 4.78 is 0. The van der Waals surface area contributed by atoms with Crippen molar-refractivity contribution in [3.63, 3.8) is 0 Å². The zero-order chi connectivity index (χ0) is 10.8. The number of allylic oxidation sites excluding steroid dienone is 1. The second-order valence-corrected chi connectivity index (χ2v) is 3.99. The fourth-order valence-corrected chi connectivity index (χ4v) is 1.86. The van der Waals surface area contributed by atoms with Gasteiger partial charge < -0.3 is 5.73 Å². The van der Waals surface area contributed by atoms with Crippen LogP contribution in [0.2, 0.25) is 0 Å². The Labute approximate surface area is 87.8 Å². The van der Waals surface area contributed by atoms with Gasteiger partial charge in [-0.2, -0.15) is 10.6 Å². The molecule has 0 radical (unpaired) electrons. The Hall–Kier alpha value is -1.72. The Morgan fingerprint density at radius 1 is 1.73 bits per heavy atom. The normalized spacial score (nSPS) is 37.0. The van der Waals surface area contributed by atoms with Gasteiger partial charge in [0.15, 0.2) is 5.84 Å². The van der Waals surface area contributed by atoms with Crippen LogP contribution in [-0.4, -0.2) is 12.1 Å². The summed E-state index contributed by atoms with van der Waals surface area (Å²) in [5.74, 6) is 1.54. The van der Waals surface area contributed by atoms with Gasteiger partial charge in [-0.15, -0.1) is 5.10 Å². The van der Waals surface area contributed by atoms with Gasteiger partial charge in [-0.1, -0.05) is 5.22 Å². The summed E-state index contributed by atoms with van der Waals surface area (Å²) in [5.41, 5.74) is 17.0. The minimum Gasteiger partial charge on any atom is -0.380 e. The molecule has 1 fully saturated rings. The molecule has 0 bridgehead atoms. The van der Waals surface area contributed by atoms with E-state index in [9.17, 15) is 0 Å². The summed E-state index contributed by atoms with van der Waals surface area (Å²) in [7, 11) is 0. The highest BCUT2D eigenvalue weighted by molar-refractivity contribution is 5.97. The minimum absolute atomic E-state index is 0.221. The molecular formula is C9H14N6. The topological polar surface area (TPSA) is 99.0 Å². The molecule has 0 spiro atoms. The average Bonchev–Trinajstić information content (AvgIpc) is 2.87. The van der Waals surface area contributed by atoms with Crippen molar-refractivity contribution in [3.8, 4) is 0 Å². The van der Waals surface area contributed by atoms with Crippen LogP contribution in [-0.2, 0) is 0 Å². The SMILES string of the molecule is C/C1=C(/C(N)=NN=N)N/N=C/C2CC2C1. The molecule has 0 saturated heterocycles. The fourth-order valence-electron chi connectivity index (χ4n) is 1.86. The van der Waals surface area contributed by atoms with Crippen LogP contribution in [0.3, 0.4) is 0 Å². The maximum atomic E-state index is 6.63. The van der Waals surface area contributed by atoms with Gasteiger partial charge in [0.25, 0.3) is 0 Å². The first kappa shape index (κ1) is 9.82. The molecule has 0 aromatic carbocycles. The standard InChI is InChI=1S/C9H14N6/c1-5-2-6-3-7(6)4-12-13-8(5)9(10)14-15-11/h4,6-7,13H,2-3H2,1H3,(H3,10,11,14)/b8-5+,12-4+. The highest BCUT2D eigenvalue weighted by Crippen LogP contribution is 2.42. The predicted molar refractivity (Wildman–Crippen MR) is 57.3 cm³/mol. The summed E-state index contributed by atoms with van der Waals surface area (Å²) in [4.78, 5) is 0. The molecule has 1 heterocycles. The van der Waals surface area contributed by atoms with Gasteiger partial charge >= 0.3 is 0 Å². The third-order valence-electron chi connectivity index (χ3n) is 2.83. The van der Waals surface area contributed by atoms with Gasteiger partial charge in [0.2, 0.25) is 0 Å². The molecule has 4 N–H and O–H groups in total. The molecule has 0 amide bonds. The highest BCUT2D eigenvalue weighted by atomic mass is 15.4. The number of hydrogen-bond acceptors (Lipinski definition) is 4. The molecule has 0 aromatic rings. The lowest BCUT2D eigenvalue weighted by Crippen LogP contribution is -2.25. The van der Waals surface area contributed by atoms with Crippen molar-refractivity contribution in [2.45, 2.75) is 19.8 Å². The molecule has 2 rings (SSSR count). The van der Waals surface area contributed by atoms with E-state index < -0.39 is 0 Å². The lowest BCUT2D eigenvalue weighted by Gasteiger charge is -2.12. The van der Waals surface area contributed by atoms with Gasteiger partial charge in [-0.25, -0.2) is 0 Å². The first-order valence-corrected chi connectivity index (χ1v) is 4.91. The van der Waals surface area contributed by atoms with Crippen LogP contribution in [0.1, 0.15) is 19.8 Å².